The Morgan fingerprint density at radius 3 is 2.52 bits per heavy atom. The molecule has 0 bridgehead atoms. The Hall–Kier alpha value is -2.60. The lowest BCUT2D eigenvalue weighted by molar-refractivity contribution is -0.119. The fourth-order valence-electron chi connectivity index (χ4n) is 1.73. The third kappa shape index (κ3) is 4.69. The summed E-state index contributed by atoms with van der Waals surface area (Å²) in [6, 6.07) is 10.1. The summed E-state index contributed by atoms with van der Waals surface area (Å²) in [4.78, 5) is 23.5. The van der Waals surface area contributed by atoms with Gasteiger partial charge in [0.25, 0.3) is 5.91 Å². The number of hydrogen-bond donors (Lipinski definition) is 1. The molecule has 5 nitrogen and oxygen atoms in total. The summed E-state index contributed by atoms with van der Waals surface area (Å²) >= 11 is 5.69. The standard InChI is InChI=1S/C16H13ClFNO4/c1-22-12-5-3-11(4-6-12)19-15(20)9-23-16(21)13-8-10(17)2-7-14(13)18/h2-8H,9H2,1H3,(H,19,20). The lowest BCUT2D eigenvalue weighted by Gasteiger charge is -2.08. The maximum atomic E-state index is 13.5. The van der Waals surface area contributed by atoms with Gasteiger partial charge in [0.15, 0.2) is 6.61 Å². The van der Waals surface area contributed by atoms with E-state index in [1.807, 2.05) is 0 Å². The van der Waals surface area contributed by atoms with Gasteiger partial charge in [-0.25, -0.2) is 9.18 Å². The third-order valence-corrected chi connectivity index (χ3v) is 3.09. The van der Waals surface area contributed by atoms with Gasteiger partial charge in [-0.05, 0) is 42.5 Å². The Balaban J connectivity index is 1.90. The Labute approximate surface area is 137 Å². The van der Waals surface area contributed by atoms with Gasteiger partial charge in [0.05, 0.1) is 12.7 Å². The van der Waals surface area contributed by atoms with Gasteiger partial charge in [0.1, 0.15) is 11.6 Å². The molecule has 1 amide bonds. The van der Waals surface area contributed by atoms with Crippen LogP contribution in [0.2, 0.25) is 5.02 Å². The highest BCUT2D eigenvalue weighted by Gasteiger charge is 2.15. The van der Waals surface area contributed by atoms with Crippen molar-refractivity contribution in [2.24, 2.45) is 0 Å². The van der Waals surface area contributed by atoms with Gasteiger partial charge in [0.2, 0.25) is 0 Å². The number of esters is 1. The zero-order chi connectivity index (χ0) is 16.8. The van der Waals surface area contributed by atoms with E-state index in [0.717, 1.165) is 12.1 Å². The largest absolute Gasteiger partial charge is 0.497 e. The minimum Gasteiger partial charge on any atom is -0.497 e. The molecule has 0 saturated heterocycles. The zero-order valence-electron chi connectivity index (χ0n) is 12.1. The minimum absolute atomic E-state index is 0.195. The number of carbonyl (C=O) groups excluding carboxylic acids is 2. The summed E-state index contributed by atoms with van der Waals surface area (Å²) in [7, 11) is 1.53. The molecule has 2 rings (SSSR count). The van der Waals surface area contributed by atoms with Crippen molar-refractivity contribution in [1.82, 2.24) is 0 Å². The second-order valence-electron chi connectivity index (χ2n) is 4.48. The topological polar surface area (TPSA) is 64.6 Å². The summed E-state index contributed by atoms with van der Waals surface area (Å²) in [5.41, 5.74) is 0.190. The number of amides is 1. The monoisotopic (exact) mass is 337 g/mol. The molecule has 0 aliphatic rings. The number of halogens is 2. The normalized spacial score (nSPS) is 10.0. The summed E-state index contributed by atoms with van der Waals surface area (Å²) in [6.45, 7) is -0.545. The molecule has 0 atom stereocenters. The molecule has 2 aromatic carbocycles. The van der Waals surface area contributed by atoms with Crippen LogP contribution in [0, 0.1) is 5.82 Å². The number of carbonyl (C=O) groups is 2. The van der Waals surface area contributed by atoms with Crippen molar-refractivity contribution in [2.75, 3.05) is 19.0 Å². The second kappa shape index (κ2) is 7.60. The number of ether oxygens (including phenoxy) is 2. The molecule has 2 aromatic rings. The van der Waals surface area contributed by atoms with E-state index in [0.29, 0.717) is 11.4 Å². The van der Waals surface area contributed by atoms with Crippen LogP contribution >= 0.6 is 11.6 Å². The van der Waals surface area contributed by atoms with E-state index in [4.69, 9.17) is 21.1 Å². The quantitative estimate of drug-likeness (QED) is 0.850. The Bertz CT molecular complexity index is 719. The first kappa shape index (κ1) is 16.8. The molecule has 0 heterocycles. The van der Waals surface area contributed by atoms with Crippen LogP contribution in [0.3, 0.4) is 0 Å². The lowest BCUT2D eigenvalue weighted by Crippen LogP contribution is -2.21. The number of benzene rings is 2. The predicted molar refractivity (Wildman–Crippen MR) is 83.3 cm³/mol. The molecule has 0 saturated carbocycles. The van der Waals surface area contributed by atoms with Gasteiger partial charge >= 0.3 is 5.97 Å². The van der Waals surface area contributed by atoms with Gasteiger partial charge in [-0.3, -0.25) is 4.79 Å². The van der Waals surface area contributed by atoms with Crippen molar-refractivity contribution in [2.45, 2.75) is 0 Å². The molecule has 1 N–H and O–H groups in total. The maximum Gasteiger partial charge on any atom is 0.341 e. The average Bonchev–Trinajstić information content (AvgIpc) is 2.55. The zero-order valence-corrected chi connectivity index (χ0v) is 12.9. The molecule has 0 unspecified atom stereocenters. The van der Waals surface area contributed by atoms with Gasteiger partial charge in [-0.2, -0.15) is 0 Å². The smallest absolute Gasteiger partial charge is 0.341 e. The third-order valence-electron chi connectivity index (χ3n) is 2.86. The first-order valence-electron chi connectivity index (χ1n) is 6.55. The van der Waals surface area contributed by atoms with E-state index in [2.05, 4.69) is 5.32 Å². The molecule has 0 aliphatic heterocycles. The van der Waals surface area contributed by atoms with Gasteiger partial charge in [0, 0.05) is 10.7 Å². The first-order chi connectivity index (χ1) is 11.0. The summed E-state index contributed by atoms with van der Waals surface area (Å²) < 4.78 is 23.3. The van der Waals surface area contributed by atoms with Crippen molar-refractivity contribution in [3.63, 3.8) is 0 Å². The molecule has 23 heavy (non-hydrogen) atoms. The van der Waals surface area contributed by atoms with E-state index < -0.39 is 24.3 Å². The first-order valence-corrected chi connectivity index (χ1v) is 6.93. The van der Waals surface area contributed by atoms with Crippen LogP contribution in [0.1, 0.15) is 10.4 Å². The van der Waals surface area contributed by atoms with Crippen LogP contribution in [0.25, 0.3) is 0 Å². The average molecular weight is 338 g/mol. The Morgan fingerprint density at radius 1 is 1.17 bits per heavy atom. The summed E-state index contributed by atoms with van der Waals surface area (Å²) in [5.74, 6) is -1.64. The molecule has 0 spiro atoms. The van der Waals surface area contributed by atoms with Crippen molar-refractivity contribution in [3.05, 3.63) is 58.9 Å². The van der Waals surface area contributed by atoms with Gasteiger partial charge in [-0.15, -0.1) is 0 Å². The molecule has 0 aromatic heterocycles. The molecule has 7 heteroatoms. The van der Waals surface area contributed by atoms with Crippen LogP contribution in [0.5, 0.6) is 5.75 Å². The van der Waals surface area contributed by atoms with Gasteiger partial charge in [-0.1, -0.05) is 11.6 Å². The lowest BCUT2D eigenvalue weighted by atomic mass is 10.2. The van der Waals surface area contributed by atoms with Crippen LogP contribution in [0.4, 0.5) is 10.1 Å². The van der Waals surface area contributed by atoms with Crippen molar-refractivity contribution in [1.29, 1.82) is 0 Å². The van der Waals surface area contributed by atoms with Crippen LogP contribution in [0.15, 0.2) is 42.5 Å². The van der Waals surface area contributed by atoms with E-state index in [1.165, 1.54) is 13.2 Å². The SMILES string of the molecule is COc1ccc(NC(=O)COC(=O)c2cc(Cl)ccc2F)cc1. The molecule has 0 fully saturated rings. The molecule has 0 radical (unpaired) electrons. The van der Waals surface area contributed by atoms with E-state index >= 15 is 0 Å². The minimum atomic E-state index is -0.963. The number of anilines is 1. The van der Waals surface area contributed by atoms with E-state index in [9.17, 15) is 14.0 Å². The predicted octanol–water partition coefficient (Wildman–Crippen LogP) is 3.28. The number of hydrogen-bond acceptors (Lipinski definition) is 4. The molecular formula is C16H13ClFNO4. The van der Waals surface area contributed by atoms with Crippen molar-refractivity contribution >= 4 is 29.2 Å². The fraction of sp³-hybridized carbons (Fsp3) is 0.125. The molecular weight excluding hydrogens is 325 g/mol. The Kier molecular flexibility index (Phi) is 5.54. The van der Waals surface area contributed by atoms with Crippen molar-refractivity contribution < 1.29 is 23.5 Å². The number of rotatable bonds is 5. The van der Waals surface area contributed by atoms with Crippen LogP contribution in [-0.4, -0.2) is 25.6 Å². The molecule has 0 aliphatic carbocycles. The number of methoxy groups -OCH3 is 1. The maximum absolute atomic E-state index is 13.5. The van der Waals surface area contributed by atoms with Crippen molar-refractivity contribution in [3.8, 4) is 5.75 Å². The highest BCUT2D eigenvalue weighted by molar-refractivity contribution is 6.30. The fourth-order valence-corrected chi connectivity index (χ4v) is 1.91. The molecule has 120 valence electrons. The van der Waals surface area contributed by atoms with E-state index in [-0.39, 0.29) is 10.6 Å². The van der Waals surface area contributed by atoms with Crippen LogP contribution in [-0.2, 0) is 9.53 Å². The Morgan fingerprint density at radius 2 is 1.87 bits per heavy atom. The number of nitrogens with one attached hydrogen (secondary N) is 1. The van der Waals surface area contributed by atoms with E-state index in [1.54, 1.807) is 24.3 Å². The van der Waals surface area contributed by atoms with Gasteiger partial charge < -0.3 is 14.8 Å². The highest BCUT2D eigenvalue weighted by Crippen LogP contribution is 2.16. The van der Waals surface area contributed by atoms with Crippen LogP contribution < -0.4 is 10.1 Å². The summed E-state index contributed by atoms with van der Waals surface area (Å²) in [6.07, 6.45) is 0. The second-order valence-corrected chi connectivity index (χ2v) is 4.91. The highest BCUT2D eigenvalue weighted by atomic mass is 35.5. The summed E-state index contributed by atoms with van der Waals surface area (Å²) in [5, 5.41) is 2.73.